The average Bonchev–Trinajstić information content (AvgIpc) is 2.84. The standard InChI is InChI=1S/C9H11N3O6/c1-18-9(15)7(13)4-11-8(14)6-2-5(3-10-6)12(16)17/h2-3,7,10,13H,4H2,1H3,(H,11,14). The number of aromatic amines is 1. The van der Waals surface area contributed by atoms with Crippen molar-refractivity contribution < 1.29 is 24.4 Å². The molecule has 0 aromatic carbocycles. The number of nitrogens with one attached hydrogen (secondary N) is 2. The van der Waals surface area contributed by atoms with E-state index in [9.17, 15) is 24.8 Å². The summed E-state index contributed by atoms with van der Waals surface area (Å²) in [7, 11) is 1.10. The number of amides is 1. The largest absolute Gasteiger partial charge is 0.467 e. The number of H-pyrrole nitrogens is 1. The molecule has 18 heavy (non-hydrogen) atoms. The summed E-state index contributed by atoms with van der Waals surface area (Å²) in [4.78, 5) is 34.4. The van der Waals surface area contributed by atoms with E-state index in [0.29, 0.717) is 0 Å². The molecule has 0 fully saturated rings. The van der Waals surface area contributed by atoms with Crippen LogP contribution in [-0.2, 0) is 9.53 Å². The topological polar surface area (TPSA) is 135 Å². The number of hydrogen-bond acceptors (Lipinski definition) is 6. The van der Waals surface area contributed by atoms with Gasteiger partial charge in [0.1, 0.15) is 5.69 Å². The van der Waals surface area contributed by atoms with Crippen molar-refractivity contribution in [3.05, 3.63) is 28.1 Å². The first-order valence-electron chi connectivity index (χ1n) is 4.82. The van der Waals surface area contributed by atoms with Crippen LogP contribution in [0, 0.1) is 10.1 Å². The highest BCUT2D eigenvalue weighted by molar-refractivity contribution is 5.93. The van der Waals surface area contributed by atoms with E-state index in [-0.39, 0.29) is 17.9 Å². The van der Waals surface area contributed by atoms with Crippen molar-refractivity contribution in [2.75, 3.05) is 13.7 Å². The Morgan fingerprint density at radius 2 is 2.33 bits per heavy atom. The molecular formula is C9H11N3O6. The third kappa shape index (κ3) is 3.28. The first kappa shape index (κ1) is 13.6. The normalized spacial score (nSPS) is 11.7. The SMILES string of the molecule is COC(=O)C(O)CNC(=O)c1cc([N+](=O)[O-])c[nH]1. The highest BCUT2D eigenvalue weighted by Crippen LogP contribution is 2.11. The van der Waals surface area contributed by atoms with Crippen LogP contribution < -0.4 is 5.32 Å². The van der Waals surface area contributed by atoms with Gasteiger partial charge in [0.25, 0.3) is 11.6 Å². The van der Waals surface area contributed by atoms with Crippen LogP contribution in [0.2, 0.25) is 0 Å². The van der Waals surface area contributed by atoms with Gasteiger partial charge in [-0.15, -0.1) is 0 Å². The molecule has 3 N–H and O–H groups in total. The van der Waals surface area contributed by atoms with Gasteiger partial charge in [-0.25, -0.2) is 4.79 Å². The third-order valence-corrected chi connectivity index (χ3v) is 2.05. The minimum atomic E-state index is -1.48. The predicted molar refractivity (Wildman–Crippen MR) is 57.8 cm³/mol. The minimum Gasteiger partial charge on any atom is -0.467 e. The van der Waals surface area contributed by atoms with Crippen LogP contribution in [-0.4, -0.2) is 46.6 Å². The summed E-state index contributed by atoms with van der Waals surface area (Å²) in [6, 6.07) is 1.04. The number of aliphatic hydroxyl groups excluding tert-OH is 1. The lowest BCUT2D eigenvalue weighted by Gasteiger charge is -2.08. The lowest BCUT2D eigenvalue weighted by atomic mass is 10.3. The Hall–Kier alpha value is -2.42. The molecule has 9 nitrogen and oxygen atoms in total. The third-order valence-electron chi connectivity index (χ3n) is 2.05. The number of hydrogen-bond donors (Lipinski definition) is 3. The molecule has 1 rings (SSSR count). The van der Waals surface area contributed by atoms with Crippen molar-refractivity contribution in [1.29, 1.82) is 0 Å². The summed E-state index contributed by atoms with van der Waals surface area (Å²) in [6.07, 6.45) is -0.421. The van der Waals surface area contributed by atoms with Gasteiger partial charge in [0, 0.05) is 6.07 Å². The molecular weight excluding hydrogens is 246 g/mol. The zero-order valence-electron chi connectivity index (χ0n) is 9.37. The van der Waals surface area contributed by atoms with E-state index in [4.69, 9.17) is 0 Å². The van der Waals surface area contributed by atoms with Gasteiger partial charge >= 0.3 is 5.97 Å². The molecule has 1 heterocycles. The Kier molecular flexibility index (Phi) is 4.38. The molecule has 0 spiro atoms. The van der Waals surface area contributed by atoms with E-state index >= 15 is 0 Å². The Bertz CT molecular complexity index is 469. The number of carbonyl (C=O) groups is 2. The monoisotopic (exact) mass is 257 g/mol. The van der Waals surface area contributed by atoms with Gasteiger partial charge in [-0.3, -0.25) is 14.9 Å². The maximum Gasteiger partial charge on any atom is 0.336 e. The smallest absolute Gasteiger partial charge is 0.336 e. The van der Waals surface area contributed by atoms with Crippen LogP contribution >= 0.6 is 0 Å². The lowest BCUT2D eigenvalue weighted by Crippen LogP contribution is -2.37. The zero-order valence-corrected chi connectivity index (χ0v) is 9.37. The van der Waals surface area contributed by atoms with Crippen LogP contribution in [0.4, 0.5) is 5.69 Å². The summed E-state index contributed by atoms with van der Waals surface area (Å²) in [5.41, 5.74) is -0.299. The minimum absolute atomic E-state index is 0.0428. The fourth-order valence-corrected chi connectivity index (χ4v) is 1.12. The molecule has 1 aromatic heterocycles. The second kappa shape index (κ2) is 5.77. The van der Waals surface area contributed by atoms with E-state index in [1.165, 1.54) is 0 Å². The maximum absolute atomic E-state index is 11.5. The lowest BCUT2D eigenvalue weighted by molar-refractivity contribution is -0.384. The molecule has 1 unspecified atom stereocenters. The maximum atomic E-state index is 11.5. The molecule has 1 amide bonds. The molecule has 0 saturated carbocycles. The van der Waals surface area contributed by atoms with Gasteiger partial charge in [0.15, 0.2) is 6.10 Å². The van der Waals surface area contributed by atoms with Crippen LogP contribution in [0.15, 0.2) is 12.3 Å². The summed E-state index contributed by atoms with van der Waals surface area (Å²) < 4.78 is 4.25. The van der Waals surface area contributed by atoms with Gasteiger partial charge in [-0.05, 0) is 0 Å². The first-order chi connectivity index (χ1) is 8.45. The van der Waals surface area contributed by atoms with Gasteiger partial charge in [-0.2, -0.15) is 0 Å². The second-order valence-electron chi connectivity index (χ2n) is 3.28. The summed E-state index contributed by atoms with van der Waals surface area (Å²) in [6.45, 7) is -0.349. The number of aromatic nitrogens is 1. The number of aliphatic hydroxyl groups is 1. The van der Waals surface area contributed by atoms with E-state index in [2.05, 4.69) is 15.0 Å². The van der Waals surface area contributed by atoms with Crippen molar-refractivity contribution in [3.63, 3.8) is 0 Å². The van der Waals surface area contributed by atoms with E-state index in [1.54, 1.807) is 0 Å². The number of rotatable bonds is 5. The van der Waals surface area contributed by atoms with Crippen LogP contribution in [0.25, 0.3) is 0 Å². The fraction of sp³-hybridized carbons (Fsp3) is 0.333. The molecule has 1 atom stereocenters. The van der Waals surface area contributed by atoms with Crippen LogP contribution in [0.5, 0.6) is 0 Å². The second-order valence-corrected chi connectivity index (χ2v) is 3.28. The van der Waals surface area contributed by atoms with E-state index in [0.717, 1.165) is 19.4 Å². The fourth-order valence-electron chi connectivity index (χ4n) is 1.12. The summed E-state index contributed by atoms with van der Waals surface area (Å²) >= 11 is 0. The Morgan fingerprint density at radius 1 is 1.67 bits per heavy atom. The zero-order chi connectivity index (χ0) is 13.7. The van der Waals surface area contributed by atoms with Crippen molar-refractivity contribution in [1.82, 2.24) is 10.3 Å². The molecule has 0 aliphatic heterocycles. The van der Waals surface area contributed by atoms with E-state index in [1.807, 2.05) is 0 Å². The van der Waals surface area contributed by atoms with Gasteiger partial charge in [-0.1, -0.05) is 0 Å². The number of ether oxygens (including phenoxy) is 1. The predicted octanol–water partition coefficient (Wildman–Crippen LogP) is -0.813. The van der Waals surface area contributed by atoms with Gasteiger partial charge in [0.2, 0.25) is 0 Å². The first-order valence-corrected chi connectivity index (χ1v) is 4.82. The Morgan fingerprint density at radius 3 is 2.83 bits per heavy atom. The number of esters is 1. The number of nitro groups is 1. The van der Waals surface area contributed by atoms with Gasteiger partial charge in [0.05, 0.1) is 24.8 Å². The highest BCUT2D eigenvalue weighted by Gasteiger charge is 2.18. The summed E-state index contributed by atoms with van der Waals surface area (Å²) in [5.74, 6) is -1.56. The van der Waals surface area contributed by atoms with Crippen LogP contribution in [0.1, 0.15) is 10.5 Å². The molecule has 98 valence electrons. The molecule has 0 aliphatic carbocycles. The molecule has 0 bridgehead atoms. The average molecular weight is 257 g/mol. The Labute approximate surface area is 101 Å². The van der Waals surface area contributed by atoms with Crippen molar-refractivity contribution >= 4 is 17.6 Å². The molecule has 0 aliphatic rings. The number of methoxy groups -OCH3 is 1. The van der Waals surface area contributed by atoms with Crippen molar-refractivity contribution in [2.24, 2.45) is 0 Å². The molecule has 0 radical (unpaired) electrons. The summed E-state index contributed by atoms with van der Waals surface area (Å²) in [5, 5.41) is 21.8. The van der Waals surface area contributed by atoms with E-state index < -0.39 is 22.9 Å². The molecule has 9 heteroatoms. The quantitative estimate of drug-likeness (QED) is 0.358. The number of nitrogens with zero attached hydrogens (tertiary/aromatic N) is 1. The molecule has 0 saturated heterocycles. The highest BCUT2D eigenvalue weighted by atomic mass is 16.6. The van der Waals surface area contributed by atoms with Gasteiger partial charge < -0.3 is 20.1 Å². The van der Waals surface area contributed by atoms with Crippen molar-refractivity contribution in [2.45, 2.75) is 6.10 Å². The molecule has 1 aromatic rings. The van der Waals surface area contributed by atoms with Crippen molar-refractivity contribution in [3.8, 4) is 0 Å². The van der Waals surface area contributed by atoms with Crippen LogP contribution in [0.3, 0.4) is 0 Å². The Balaban J connectivity index is 2.55. The number of carbonyl (C=O) groups excluding carboxylic acids is 2.